The maximum atomic E-state index is 13.5. The van der Waals surface area contributed by atoms with Gasteiger partial charge in [0.25, 0.3) is 0 Å². The Morgan fingerprint density at radius 1 is 1.44 bits per heavy atom. The van der Waals surface area contributed by atoms with Gasteiger partial charge in [-0.1, -0.05) is 12.1 Å². The molecule has 2 nitrogen and oxygen atoms in total. The fraction of sp³-hybridized carbons (Fsp3) is 0.538. The molecule has 0 spiro atoms. The smallest absolute Gasteiger partial charge is 0.146 e. The van der Waals surface area contributed by atoms with Gasteiger partial charge >= 0.3 is 0 Å². The molecule has 1 N–H and O–H groups in total. The summed E-state index contributed by atoms with van der Waals surface area (Å²) in [5, 5.41) is 3.46. The summed E-state index contributed by atoms with van der Waals surface area (Å²) < 4.78 is 13.5. The molecule has 0 radical (unpaired) electrons. The van der Waals surface area contributed by atoms with E-state index in [2.05, 4.69) is 12.2 Å². The van der Waals surface area contributed by atoms with Crippen LogP contribution in [0.1, 0.15) is 19.8 Å². The summed E-state index contributed by atoms with van der Waals surface area (Å²) in [4.78, 5) is 1.99. The van der Waals surface area contributed by atoms with Crippen molar-refractivity contribution in [3.05, 3.63) is 30.1 Å². The number of para-hydroxylation sites is 1. The zero-order valence-corrected chi connectivity index (χ0v) is 9.91. The molecule has 0 heterocycles. The topological polar surface area (TPSA) is 15.3 Å². The van der Waals surface area contributed by atoms with Crippen molar-refractivity contribution in [3.8, 4) is 0 Å². The van der Waals surface area contributed by atoms with Crippen LogP contribution in [0, 0.1) is 5.82 Å². The molecular formula is C13H19FN2. The van der Waals surface area contributed by atoms with E-state index in [-0.39, 0.29) is 5.82 Å². The molecule has 0 saturated heterocycles. The standard InChI is InChI=1S/C13H19FN2/c1-10(9-15-11-7-8-11)16(2)13-6-4-3-5-12(13)14/h3-6,10-11,15H,7-9H2,1-2H3. The van der Waals surface area contributed by atoms with Crippen LogP contribution in [0.4, 0.5) is 10.1 Å². The molecule has 88 valence electrons. The summed E-state index contributed by atoms with van der Waals surface area (Å²) in [5.41, 5.74) is 0.674. The maximum absolute atomic E-state index is 13.5. The first kappa shape index (κ1) is 11.4. The van der Waals surface area contributed by atoms with Crippen LogP contribution in [-0.2, 0) is 0 Å². The van der Waals surface area contributed by atoms with Gasteiger partial charge in [0.2, 0.25) is 0 Å². The van der Waals surface area contributed by atoms with Crippen LogP contribution in [0.3, 0.4) is 0 Å². The molecule has 16 heavy (non-hydrogen) atoms. The van der Waals surface area contributed by atoms with Crippen LogP contribution in [0.2, 0.25) is 0 Å². The van der Waals surface area contributed by atoms with Gasteiger partial charge in [0.1, 0.15) is 5.82 Å². The Balaban J connectivity index is 1.94. The van der Waals surface area contributed by atoms with Gasteiger partial charge in [-0.2, -0.15) is 0 Å². The van der Waals surface area contributed by atoms with Crippen LogP contribution in [0.25, 0.3) is 0 Å². The van der Waals surface area contributed by atoms with Gasteiger partial charge in [-0.15, -0.1) is 0 Å². The van der Waals surface area contributed by atoms with Crippen molar-refractivity contribution < 1.29 is 4.39 Å². The van der Waals surface area contributed by atoms with Gasteiger partial charge in [0, 0.05) is 25.7 Å². The van der Waals surface area contributed by atoms with Gasteiger partial charge in [-0.3, -0.25) is 0 Å². The molecular weight excluding hydrogens is 203 g/mol. The minimum atomic E-state index is -0.150. The lowest BCUT2D eigenvalue weighted by Gasteiger charge is -2.27. The minimum Gasteiger partial charge on any atom is -0.368 e. The van der Waals surface area contributed by atoms with Crippen molar-refractivity contribution in [2.24, 2.45) is 0 Å². The minimum absolute atomic E-state index is 0.150. The van der Waals surface area contributed by atoms with Crippen molar-refractivity contribution in [2.75, 3.05) is 18.5 Å². The predicted molar refractivity (Wildman–Crippen MR) is 65.3 cm³/mol. The molecule has 3 heteroatoms. The molecule has 1 aromatic rings. The normalized spacial score (nSPS) is 17.2. The number of benzene rings is 1. The molecule has 0 amide bonds. The van der Waals surface area contributed by atoms with E-state index in [9.17, 15) is 4.39 Å². The maximum Gasteiger partial charge on any atom is 0.146 e. The predicted octanol–water partition coefficient (Wildman–Crippen LogP) is 2.40. The molecule has 0 aromatic heterocycles. The average Bonchev–Trinajstić information content (AvgIpc) is 3.09. The Hall–Kier alpha value is -1.09. The molecule has 1 fully saturated rings. The molecule has 1 aliphatic carbocycles. The Morgan fingerprint density at radius 2 is 2.12 bits per heavy atom. The van der Waals surface area contributed by atoms with E-state index in [1.807, 2.05) is 24.1 Å². The zero-order valence-electron chi connectivity index (χ0n) is 9.91. The van der Waals surface area contributed by atoms with Crippen molar-refractivity contribution in [1.82, 2.24) is 5.32 Å². The summed E-state index contributed by atoms with van der Waals surface area (Å²) in [7, 11) is 1.94. The van der Waals surface area contributed by atoms with Crippen LogP contribution >= 0.6 is 0 Å². The lowest BCUT2D eigenvalue weighted by Crippen LogP contribution is -2.39. The summed E-state index contributed by atoms with van der Waals surface area (Å²) >= 11 is 0. The summed E-state index contributed by atoms with van der Waals surface area (Å²) in [6.07, 6.45) is 2.58. The fourth-order valence-electron chi connectivity index (χ4n) is 1.74. The van der Waals surface area contributed by atoms with Crippen LogP contribution in [0.15, 0.2) is 24.3 Å². The molecule has 0 aliphatic heterocycles. The molecule has 1 atom stereocenters. The van der Waals surface area contributed by atoms with Crippen LogP contribution in [0.5, 0.6) is 0 Å². The fourth-order valence-corrected chi connectivity index (χ4v) is 1.74. The van der Waals surface area contributed by atoms with Crippen LogP contribution in [-0.4, -0.2) is 25.7 Å². The van der Waals surface area contributed by atoms with E-state index in [0.29, 0.717) is 17.8 Å². The summed E-state index contributed by atoms with van der Waals surface area (Å²) in [5.74, 6) is -0.150. The van der Waals surface area contributed by atoms with Gasteiger partial charge in [0.15, 0.2) is 0 Å². The average molecular weight is 222 g/mol. The Labute approximate surface area is 96.5 Å². The lowest BCUT2D eigenvalue weighted by atomic mass is 10.2. The quantitative estimate of drug-likeness (QED) is 0.823. The first-order valence-corrected chi connectivity index (χ1v) is 5.89. The number of hydrogen-bond donors (Lipinski definition) is 1. The molecule has 0 bridgehead atoms. The second-order valence-corrected chi connectivity index (χ2v) is 4.59. The van der Waals surface area contributed by atoms with Crippen molar-refractivity contribution in [2.45, 2.75) is 31.8 Å². The number of rotatable bonds is 5. The molecule has 1 aliphatic rings. The highest BCUT2D eigenvalue weighted by atomic mass is 19.1. The third-order valence-corrected chi connectivity index (χ3v) is 3.17. The molecule has 1 unspecified atom stereocenters. The van der Waals surface area contributed by atoms with E-state index < -0.39 is 0 Å². The van der Waals surface area contributed by atoms with Gasteiger partial charge < -0.3 is 10.2 Å². The Bertz CT molecular complexity index is 350. The van der Waals surface area contributed by atoms with Gasteiger partial charge in [0.05, 0.1) is 5.69 Å². The summed E-state index contributed by atoms with van der Waals surface area (Å²) in [6, 6.07) is 7.93. The second kappa shape index (κ2) is 4.83. The van der Waals surface area contributed by atoms with E-state index in [0.717, 1.165) is 6.54 Å². The van der Waals surface area contributed by atoms with Crippen molar-refractivity contribution >= 4 is 5.69 Å². The Kier molecular flexibility index (Phi) is 3.44. The first-order chi connectivity index (χ1) is 7.68. The number of hydrogen-bond acceptors (Lipinski definition) is 2. The van der Waals surface area contributed by atoms with E-state index in [1.54, 1.807) is 6.07 Å². The number of likely N-dealkylation sites (N-methyl/N-ethyl adjacent to an activating group) is 1. The first-order valence-electron chi connectivity index (χ1n) is 5.89. The lowest BCUT2D eigenvalue weighted by molar-refractivity contribution is 0.565. The number of nitrogens with zero attached hydrogens (tertiary/aromatic N) is 1. The number of anilines is 1. The monoisotopic (exact) mass is 222 g/mol. The second-order valence-electron chi connectivity index (χ2n) is 4.59. The van der Waals surface area contributed by atoms with E-state index in [1.165, 1.54) is 18.9 Å². The van der Waals surface area contributed by atoms with E-state index >= 15 is 0 Å². The highest BCUT2D eigenvalue weighted by Crippen LogP contribution is 2.21. The largest absolute Gasteiger partial charge is 0.368 e. The molecule has 1 saturated carbocycles. The van der Waals surface area contributed by atoms with Crippen molar-refractivity contribution in [3.63, 3.8) is 0 Å². The SMILES string of the molecule is CC(CNC1CC1)N(C)c1ccccc1F. The Morgan fingerprint density at radius 3 is 2.75 bits per heavy atom. The highest BCUT2D eigenvalue weighted by Gasteiger charge is 2.22. The summed E-state index contributed by atoms with van der Waals surface area (Å²) in [6.45, 7) is 3.03. The van der Waals surface area contributed by atoms with Gasteiger partial charge in [-0.05, 0) is 31.9 Å². The number of nitrogens with one attached hydrogen (secondary N) is 1. The number of halogens is 1. The van der Waals surface area contributed by atoms with Crippen molar-refractivity contribution in [1.29, 1.82) is 0 Å². The van der Waals surface area contributed by atoms with Gasteiger partial charge in [-0.25, -0.2) is 4.39 Å². The highest BCUT2D eigenvalue weighted by molar-refractivity contribution is 5.47. The third kappa shape index (κ3) is 2.73. The molecule has 2 rings (SSSR count). The third-order valence-electron chi connectivity index (χ3n) is 3.17. The van der Waals surface area contributed by atoms with Crippen LogP contribution < -0.4 is 10.2 Å². The van der Waals surface area contributed by atoms with E-state index in [4.69, 9.17) is 0 Å². The molecule has 1 aromatic carbocycles. The zero-order chi connectivity index (χ0) is 11.5.